The molecule has 3 rings (SSSR count). The average molecular weight is 520 g/mol. The molecular weight excluding hydrogens is 497 g/mol. The van der Waals surface area contributed by atoms with Crippen molar-refractivity contribution in [1.29, 1.82) is 0 Å². The van der Waals surface area contributed by atoms with Gasteiger partial charge in [0.15, 0.2) is 11.5 Å². The highest BCUT2D eigenvalue weighted by molar-refractivity contribution is 6.35. The number of halogens is 2. The first kappa shape index (κ1) is 26.0. The van der Waals surface area contributed by atoms with Crippen molar-refractivity contribution < 1.29 is 19.2 Å². The second kappa shape index (κ2) is 11.2. The third-order valence-electron chi connectivity index (χ3n) is 5.18. The lowest BCUT2D eigenvalue weighted by Crippen LogP contribution is -2.25. The summed E-state index contributed by atoms with van der Waals surface area (Å²) in [5.41, 5.74) is 4.73. The van der Waals surface area contributed by atoms with Crippen LogP contribution in [-0.4, -0.2) is 33.4 Å². The van der Waals surface area contributed by atoms with Gasteiger partial charge >= 0.3 is 5.69 Å². The molecule has 12 heteroatoms. The number of amides is 1. The molecule has 0 atom stereocenters. The number of nitrogens with zero attached hydrogens (tertiary/aromatic N) is 4. The van der Waals surface area contributed by atoms with E-state index in [4.69, 9.17) is 32.7 Å². The molecule has 3 aromatic rings. The van der Waals surface area contributed by atoms with Gasteiger partial charge < -0.3 is 9.47 Å². The van der Waals surface area contributed by atoms with Gasteiger partial charge in [-0.25, -0.2) is 5.43 Å². The first-order valence-corrected chi connectivity index (χ1v) is 11.1. The van der Waals surface area contributed by atoms with Crippen LogP contribution in [0.3, 0.4) is 0 Å². The van der Waals surface area contributed by atoms with E-state index in [2.05, 4.69) is 15.6 Å². The SMILES string of the molecule is COc1cc(/C(C)=N/NC(=O)Cn2nc(C)c([N+](=O)[O-])c2C)ccc1OCc1c(Cl)cccc1Cl. The normalized spacial score (nSPS) is 11.3. The molecule has 0 aliphatic rings. The van der Waals surface area contributed by atoms with Crippen molar-refractivity contribution in [2.75, 3.05) is 7.11 Å². The summed E-state index contributed by atoms with van der Waals surface area (Å²) in [6.45, 7) is 4.72. The van der Waals surface area contributed by atoms with Crippen LogP contribution in [0.1, 0.15) is 29.4 Å². The maximum Gasteiger partial charge on any atom is 0.312 e. The van der Waals surface area contributed by atoms with Crippen molar-refractivity contribution >= 4 is 40.5 Å². The van der Waals surface area contributed by atoms with Crippen LogP contribution >= 0.6 is 23.2 Å². The zero-order valence-corrected chi connectivity index (χ0v) is 21.0. The molecule has 1 heterocycles. The smallest absolute Gasteiger partial charge is 0.312 e. The summed E-state index contributed by atoms with van der Waals surface area (Å²) < 4.78 is 12.6. The van der Waals surface area contributed by atoms with Gasteiger partial charge in [0.05, 0.1) is 17.7 Å². The number of hydrogen-bond donors (Lipinski definition) is 1. The quantitative estimate of drug-likeness (QED) is 0.245. The van der Waals surface area contributed by atoms with E-state index in [1.807, 2.05) is 0 Å². The Morgan fingerprint density at radius 2 is 1.89 bits per heavy atom. The first-order chi connectivity index (χ1) is 16.6. The average Bonchev–Trinajstić information content (AvgIpc) is 3.09. The topological polar surface area (TPSA) is 121 Å². The lowest BCUT2D eigenvalue weighted by Gasteiger charge is -2.13. The van der Waals surface area contributed by atoms with Gasteiger partial charge in [-0.05, 0) is 51.1 Å². The summed E-state index contributed by atoms with van der Waals surface area (Å²) in [6, 6.07) is 10.4. The number of nitrogens with one attached hydrogen (secondary N) is 1. The van der Waals surface area contributed by atoms with E-state index in [1.165, 1.54) is 25.6 Å². The summed E-state index contributed by atoms with van der Waals surface area (Å²) >= 11 is 12.4. The number of carbonyl (C=O) groups is 1. The van der Waals surface area contributed by atoms with Crippen molar-refractivity contribution in [1.82, 2.24) is 15.2 Å². The Morgan fingerprint density at radius 1 is 1.20 bits per heavy atom. The van der Waals surface area contributed by atoms with Crippen molar-refractivity contribution in [2.45, 2.75) is 33.9 Å². The second-order valence-electron chi connectivity index (χ2n) is 7.52. The number of carbonyl (C=O) groups excluding carboxylic acids is 1. The number of aryl methyl sites for hydroxylation is 1. The van der Waals surface area contributed by atoms with E-state index in [1.54, 1.807) is 43.3 Å². The molecule has 1 amide bonds. The Hall–Kier alpha value is -3.63. The number of benzene rings is 2. The van der Waals surface area contributed by atoms with E-state index in [0.29, 0.717) is 44.1 Å². The zero-order valence-electron chi connectivity index (χ0n) is 19.5. The summed E-state index contributed by atoms with van der Waals surface area (Å²) in [5, 5.41) is 20.3. The molecule has 184 valence electrons. The van der Waals surface area contributed by atoms with Crippen molar-refractivity contribution in [2.24, 2.45) is 5.10 Å². The number of aromatic nitrogens is 2. The third-order valence-corrected chi connectivity index (χ3v) is 5.89. The Balaban J connectivity index is 1.68. The zero-order chi connectivity index (χ0) is 25.7. The van der Waals surface area contributed by atoms with Gasteiger partial charge in [-0.2, -0.15) is 10.2 Å². The van der Waals surface area contributed by atoms with E-state index in [9.17, 15) is 14.9 Å². The lowest BCUT2D eigenvalue weighted by molar-refractivity contribution is -0.386. The van der Waals surface area contributed by atoms with E-state index in [-0.39, 0.29) is 24.5 Å². The molecule has 2 aromatic carbocycles. The molecule has 35 heavy (non-hydrogen) atoms. The summed E-state index contributed by atoms with van der Waals surface area (Å²) in [5.74, 6) is 0.463. The summed E-state index contributed by atoms with van der Waals surface area (Å²) in [6.07, 6.45) is 0. The minimum atomic E-state index is -0.516. The molecule has 10 nitrogen and oxygen atoms in total. The predicted molar refractivity (Wildman–Crippen MR) is 132 cm³/mol. The van der Waals surface area contributed by atoms with Gasteiger partial charge in [0.25, 0.3) is 5.91 Å². The molecule has 0 radical (unpaired) electrons. The number of ether oxygens (including phenoxy) is 2. The van der Waals surface area contributed by atoms with Crippen molar-refractivity contribution in [3.05, 3.63) is 79.1 Å². The number of methoxy groups -OCH3 is 1. The molecule has 1 aromatic heterocycles. The maximum atomic E-state index is 12.3. The molecule has 0 saturated heterocycles. The highest BCUT2D eigenvalue weighted by Crippen LogP contribution is 2.31. The fourth-order valence-electron chi connectivity index (χ4n) is 3.32. The number of nitro groups is 1. The van der Waals surface area contributed by atoms with Gasteiger partial charge in [-0.3, -0.25) is 19.6 Å². The molecular formula is C23H23Cl2N5O5. The standard InChI is InChI=1S/C23H23Cl2N5O5/c1-13(26-27-22(31)11-29-15(3)23(30(32)33)14(2)28-29)16-8-9-20(21(10-16)34-4)35-12-17-18(24)6-5-7-19(17)25/h5-10H,11-12H2,1-4H3,(H,27,31)/b26-13+. The fraction of sp³-hybridized carbons (Fsp3) is 0.261. The second-order valence-corrected chi connectivity index (χ2v) is 8.34. The fourth-order valence-corrected chi connectivity index (χ4v) is 3.83. The van der Waals surface area contributed by atoms with Gasteiger partial charge in [-0.1, -0.05) is 29.3 Å². The molecule has 0 unspecified atom stereocenters. The van der Waals surface area contributed by atoms with Crippen LogP contribution in [0.5, 0.6) is 11.5 Å². The van der Waals surface area contributed by atoms with E-state index < -0.39 is 10.8 Å². The largest absolute Gasteiger partial charge is 0.493 e. The minimum Gasteiger partial charge on any atom is -0.493 e. The predicted octanol–water partition coefficient (Wildman–Crippen LogP) is 4.84. The minimum absolute atomic E-state index is 0.108. The van der Waals surface area contributed by atoms with Gasteiger partial charge in [0.1, 0.15) is 24.5 Å². The van der Waals surface area contributed by atoms with Crippen LogP contribution in [0.2, 0.25) is 10.0 Å². The third kappa shape index (κ3) is 6.09. The number of hydrazone groups is 1. The van der Waals surface area contributed by atoms with Crippen LogP contribution in [0.15, 0.2) is 41.5 Å². The molecule has 0 bridgehead atoms. The van der Waals surface area contributed by atoms with Crippen LogP contribution in [-0.2, 0) is 17.9 Å². The van der Waals surface area contributed by atoms with E-state index >= 15 is 0 Å². The van der Waals surface area contributed by atoms with Gasteiger partial charge in [0.2, 0.25) is 0 Å². The Bertz CT molecular complexity index is 1290. The van der Waals surface area contributed by atoms with E-state index in [0.717, 1.165) is 0 Å². The highest BCUT2D eigenvalue weighted by Gasteiger charge is 2.22. The molecule has 0 aliphatic heterocycles. The maximum absolute atomic E-state index is 12.3. The summed E-state index contributed by atoms with van der Waals surface area (Å²) in [4.78, 5) is 22.9. The van der Waals surface area contributed by atoms with Crippen LogP contribution in [0.25, 0.3) is 0 Å². The first-order valence-electron chi connectivity index (χ1n) is 10.4. The van der Waals surface area contributed by atoms with Gasteiger partial charge in [-0.15, -0.1) is 0 Å². The molecule has 0 aliphatic carbocycles. The Kier molecular flexibility index (Phi) is 8.31. The molecule has 0 saturated carbocycles. The van der Waals surface area contributed by atoms with Crippen LogP contribution in [0, 0.1) is 24.0 Å². The number of rotatable bonds is 9. The summed E-state index contributed by atoms with van der Waals surface area (Å²) in [7, 11) is 1.51. The monoisotopic (exact) mass is 519 g/mol. The van der Waals surface area contributed by atoms with Gasteiger partial charge in [0, 0.05) is 21.2 Å². The Morgan fingerprint density at radius 3 is 2.49 bits per heavy atom. The molecule has 1 N–H and O–H groups in total. The molecule has 0 spiro atoms. The molecule has 0 fully saturated rings. The Labute approximate surface area is 211 Å². The van der Waals surface area contributed by atoms with Crippen molar-refractivity contribution in [3.8, 4) is 11.5 Å². The lowest BCUT2D eigenvalue weighted by atomic mass is 10.1. The van der Waals surface area contributed by atoms with Crippen LogP contribution in [0.4, 0.5) is 5.69 Å². The number of hydrogen-bond acceptors (Lipinski definition) is 7. The highest BCUT2D eigenvalue weighted by atomic mass is 35.5. The van der Waals surface area contributed by atoms with Crippen molar-refractivity contribution in [3.63, 3.8) is 0 Å². The van der Waals surface area contributed by atoms with Crippen LogP contribution < -0.4 is 14.9 Å².